The quantitative estimate of drug-likeness (QED) is 0.848. The van der Waals surface area contributed by atoms with Crippen LogP contribution in [0, 0.1) is 18.8 Å². The third-order valence-electron chi connectivity index (χ3n) is 3.12. The molecule has 0 radical (unpaired) electrons. The van der Waals surface area contributed by atoms with Crippen molar-refractivity contribution in [2.24, 2.45) is 5.73 Å². The van der Waals surface area contributed by atoms with Gasteiger partial charge in [-0.2, -0.15) is 0 Å². The topological polar surface area (TPSA) is 55.1 Å². The predicted octanol–water partition coefficient (Wildman–Crippen LogP) is 2.49. The fourth-order valence-corrected chi connectivity index (χ4v) is 1.98. The highest BCUT2D eigenvalue weighted by Gasteiger charge is 2.05. The van der Waals surface area contributed by atoms with Crippen molar-refractivity contribution in [1.82, 2.24) is 0 Å². The summed E-state index contributed by atoms with van der Waals surface area (Å²) >= 11 is 0. The van der Waals surface area contributed by atoms with Gasteiger partial charge in [0.15, 0.2) is 0 Å². The van der Waals surface area contributed by atoms with Gasteiger partial charge in [0.25, 0.3) is 0 Å². The third-order valence-corrected chi connectivity index (χ3v) is 3.12. The minimum absolute atomic E-state index is 0.0231. The highest BCUT2D eigenvalue weighted by atomic mass is 16.1. The molecule has 0 spiro atoms. The number of rotatable bonds is 3. The first-order valence-corrected chi connectivity index (χ1v) is 6.82. The number of nitrogens with one attached hydrogen (secondary N) is 1. The second-order valence-corrected chi connectivity index (χ2v) is 4.73. The number of nitrogens with two attached hydrogens (primary N) is 1. The van der Waals surface area contributed by atoms with Crippen molar-refractivity contribution in [1.29, 1.82) is 0 Å². The molecule has 2 rings (SSSR count). The SMILES string of the molecule is Cc1ccccc1CC(=O)Nc1ccc(C#CCN)cc1. The van der Waals surface area contributed by atoms with Gasteiger partial charge in [-0.3, -0.25) is 4.79 Å². The maximum absolute atomic E-state index is 12.0. The summed E-state index contributed by atoms with van der Waals surface area (Å²) in [7, 11) is 0. The van der Waals surface area contributed by atoms with Crippen molar-refractivity contribution in [3.8, 4) is 11.8 Å². The minimum atomic E-state index is -0.0231. The van der Waals surface area contributed by atoms with Crippen molar-refractivity contribution >= 4 is 11.6 Å². The minimum Gasteiger partial charge on any atom is -0.326 e. The lowest BCUT2D eigenvalue weighted by Crippen LogP contribution is -2.14. The molecule has 3 N–H and O–H groups in total. The van der Waals surface area contributed by atoms with Crippen LogP contribution in [0.15, 0.2) is 48.5 Å². The van der Waals surface area contributed by atoms with Crippen molar-refractivity contribution in [3.63, 3.8) is 0 Å². The van der Waals surface area contributed by atoms with E-state index in [1.165, 1.54) is 0 Å². The summed E-state index contributed by atoms with van der Waals surface area (Å²) in [6.45, 7) is 2.35. The molecule has 0 atom stereocenters. The first-order chi connectivity index (χ1) is 10.2. The molecule has 0 fully saturated rings. The van der Waals surface area contributed by atoms with Crippen LogP contribution in [0.25, 0.3) is 0 Å². The molecule has 2 aromatic carbocycles. The lowest BCUT2D eigenvalue weighted by atomic mass is 10.1. The fraction of sp³-hybridized carbons (Fsp3) is 0.167. The van der Waals surface area contributed by atoms with Crippen LogP contribution in [0.2, 0.25) is 0 Å². The first-order valence-electron chi connectivity index (χ1n) is 6.82. The number of anilines is 1. The maximum Gasteiger partial charge on any atom is 0.228 e. The zero-order chi connectivity index (χ0) is 15.1. The Kier molecular flexibility index (Phi) is 5.14. The zero-order valence-electron chi connectivity index (χ0n) is 12.0. The molecule has 0 aliphatic carbocycles. The number of carbonyl (C=O) groups excluding carboxylic acids is 1. The van der Waals surface area contributed by atoms with Crippen LogP contribution >= 0.6 is 0 Å². The van der Waals surface area contributed by atoms with Gasteiger partial charge in [-0.15, -0.1) is 0 Å². The van der Waals surface area contributed by atoms with Crippen LogP contribution in [0.3, 0.4) is 0 Å². The Balaban J connectivity index is 1.98. The van der Waals surface area contributed by atoms with Crippen molar-refractivity contribution in [3.05, 3.63) is 65.2 Å². The van der Waals surface area contributed by atoms with E-state index in [1.807, 2.05) is 55.5 Å². The lowest BCUT2D eigenvalue weighted by Gasteiger charge is -2.07. The maximum atomic E-state index is 12.0. The van der Waals surface area contributed by atoms with E-state index in [0.717, 1.165) is 22.4 Å². The summed E-state index contributed by atoms with van der Waals surface area (Å²) in [5, 5.41) is 2.89. The van der Waals surface area contributed by atoms with Crippen LogP contribution in [0.5, 0.6) is 0 Å². The van der Waals surface area contributed by atoms with E-state index in [-0.39, 0.29) is 5.91 Å². The second kappa shape index (κ2) is 7.28. The van der Waals surface area contributed by atoms with Gasteiger partial charge in [0.05, 0.1) is 13.0 Å². The fourth-order valence-electron chi connectivity index (χ4n) is 1.98. The molecule has 3 nitrogen and oxygen atoms in total. The van der Waals surface area contributed by atoms with Gasteiger partial charge >= 0.3 is 0 Å². The van der Waals surface area contributed by atoms with Crippen molar-refractivity contribution in [2.75, 3.05) is 11.9 Å². The Labute approximate surface area is 125 Å². The molecule has 106 valence electrons. The number of hydrogen-bond acceptors (Lipinski definition) is 2. The van der Waals surface area contributed by atoms with Crippen LogP contribution in [0.1, 0.15) is 16.7 Å². The molecule has 0 aliphatic rings. The third kappa shape index (κ3) is 4.48. The molecule has 0 aliphatic heterocycles. The molecule has 0 bridgehead atoms. The van der Waals surface area contributed by atoms with Crippen molar-refractivity contribution < 1.29 is 4.79 Å². The standard InChI is InChI=1S/C18H18N2O/c1-14-5-2-3-7-16(14)13-18(21)20-17-10-8-15(9-11-17)6-4-12-19/h2-3,5,7-11H,12-13,19H2,1H3,(H,20,21). The molecule has 2 aromatic rings. The molecule has 0 heterocycles. The molecule has 3 heteroatoms. The van der Waals surface area contributed by atoms with E-state index < -0.39 is 0 Å². The van der Waals surface area contributed by atoms with Gasteiger partial charge in [-0.05, 0) is 42.3 Å². The van der Waals surface area contributed by atoms with Crippen LogP contribution < -0.4 is 11.1 Å². The summed E-state index contributed by atoms with van der Waals surface area (Å²) < 4.78 is 0. The van der Waals surface area contributed by atoms with Gasteiger partial charge in [-0.1, -0.05) is 36.1 Å². The Hall–Kier alpha value is -2.57. The van der Waals surface area contributed by atoms with E-state index in [0.29, 0.717) is 13.0 Å². The van der Waals surface area contributed by atoms with E-state index in [9.17, 15) is 4.79 Å². The van der Waals surface area contributed by atoms with Crippen LogP contribution in [-0.2, 0) is 11.2 Å². The Morgan fingerprint density at radius 3 is 2.52 bits per heavy atom. The van der Waals surface area contributed by atoms with Crippen LogP contribution in [-0.4, -0.2) is 12.5 Å². The molecule has 1 amide bonds. The molecule has 0 saturated heterocycles. The molecule has 0 saturated carbocycles. The molecule has 21 heavy (non-hydrogen) atoms. The summed E-state index contributed by atoms with van der Waals surface area (Å²) in [5.41, 5.74) is 9.15. The van der Waals surface area contributed by atoms with Crippen molar-refractivity contribution in [2.45, 2.75) is 13.3 Å². The molecule has 0 aromatic heterocycles. The largest absolute Gasteiger partial charge is 0.326 e. The Morgan fingerprint density at radius 2 is 1.86 bits per heavy atom. The van der Waals surface area contributed by atoms with Gasteiger partial charge in [0, 0.05) is 11.3 Å². The monoisotopic (exact) mass is 278 g/mol. The van der Waals surface area contributed by atoms with Gasteiger partial charge < -0.3 is 11.1 Å². The second-order valence-electron chi connectivity index (χ2n) is 4.73. The summed E-state index contributed by atoms with van der Waals surface area (Å²) in [5.74, 6) is 5.72. The zero-order valence-corrected chi connectivity index (χ0v) is 12.0. The highest BCUT2D eigenvalue weighted by Crippen LogP contribution is 2.12. The van der Waals surface area contributed by atoms with Crippen LogP contribution in [0.4, 0.5) is 5.69 Å². The van der Waals surface area contributed by atoms with Gasteiger partial charge in [0.1, 0.15) is 0 Å². The van der Waals surface area contributed by atoms with E-state index in [1.54, 1.807) is 0 Å². The van der Waals surface area contributed by atoms with Gasteiger partial charge in [-0.25, -0.2) is 0 Å². The Bertz CT molecular complexity index is 678. The van der Waals surface area contributed by atoms with Gasteiger partial charge in [0.2, 0.25) is 5.91 Å². The van der Waals surface area contributed by atoms with E-state index >= 15 is 0 Å². The predicted molar refractivity (Wildman–Crippen MR) is 85.9 cm³/mol. The highest BCUT2D eigenvalue weighted by molar-refractivity contribution is 5.92. The summed E-state index contributed by atoms with van der Waals surface area (Å²) in [6.07, 6.45) is 0.376. The number of hydrogen-bond donors (Lipinski definition) is 2. The number of aryl methyl sites for hydroxylation is 1. The molecular weight excluding hydrogens is 260 g/mol. The number of carbonyl (C=O) groups is 1. The smallest absolute Gasteiger partial charge is 0.228 e. The lowest BCUT2D eigenvalue weighted by molar-refractivity contribution is -0.115. The Morgan fingerprint density at radius 1 is 1.14 bits per heavy atom. The molecule has 0 unspecified atom stereocenters. The van der Waals surface area contributed by atoms with E-state index in [2.05, 4.69) is 17.2 Å². The molecular formula is C18H18N2O. The first kappa shape index (κ1) is 14.8. The average Bonchev–Trinajstić information content (AvgIpc) is 2.49. The summed E-state index contributed by atoms with van der Waals surface area (Å²) in [4.78, 5) is 12.0. The number of benzene rings is 2. The number of amides is 1. The normalized spacial score (nSPS) is 9.62. The van der Waals surface area contributed by atoms with E-state index in [4.69, 9.17) is 5.73 Å². The summed E-state index contributed by atoms with van der Waals surface area (Å²) in [6, 6.07) is 15.3. The average molecular weight is 278 g/mol.